The quantitative estimate of drug-likeness (QED) is 0.761. The van der Waals surface area contributed by atoms with Crippen molar-refractivity contribution in [3.63, 3.8) is 0 Å². The summed E-state index contributed by atoms with van der Waals surface area (Å²) < 4.78 is 10.4. The first-order chi connectivity index (χ1) is 13.2. The SMILES string of the molecule is O=C(NC[C@@H]1CC[C@H](CC(=O)N2CCOCC2)N1CC1CC1)c1cnco1. The molecule has 148 valence electrons. The molecule has 0 bridgehead atoms. The van der Waals surface area contributed by atoms with Crippen molar-refractivity contribution in [3.05, 3.63) is 18.4 Å². The first-order valence-corrected chi connectivity index (χ1v) is 9.98. The van der Waals surface area contributed by atoms with Crippen LogP contribution in [0.3, 0.4) is 0 Å². The van der Waals surface area contributed by atoms with Crippen LogP contribution in [0.2, 0.25) is 0 Å². The third kappa shape index (κ3) is 4.68. The van der Waals surface area contributed by atoms with E-state index >= 15 is 0 Å². The van der Waals surface area contributed by atoms with Crippen LogP contribution in [-0.4, -0.2) is 78.1 Å². The zero-order valence-electron chi connectivity index (χ0n) is 15.6. The molecule has 0 spiro atoms. The van der Waals surface area contributed by atoms with Gasteiger partial charge >= 0.3 is 0 Å². The Balaban J connectivity index is 1.33. The van der Waals surface area contributed by atoms with Crippen molar-refractivity contribution in [3.8, 4) is 0 Å². The zero-order chi connectivity index (χ0) is 18.6. The molecule has 1 saturated carbocycles. The second kappa shape index (κ2) is 8.39. The Hall–Kier alpha value is -1.93. The van der Waals surface area contributed by atoms with E-state index < -0.39 is 0 Å². The Morgan fingerprint density at radius 2 is 1.93 bits per heavy atom. The highest BCUT2D eigenvalue weighted by Crippen LogP contribution is 2.35. The van der Waals surface area contributed by atoms with E-state index in [9.17, 15) is 9.59 Å². The van der Waals surface area contributed by atoms with Gasteiger partial charge in [0.15, 0.2) is 6.39 Å². The normalized spacial score (nSPS) is 26.3. The fourth-order valence-corrected chi connectivity index (χ4v) is 4.12. The van der Waals surface area contributed by atoms with E-state index in [1.54, 1.807) is 0 Å². The number of hydrogen-bond donors (Lipinski definition) is 1. The first-order valence-electron chi connectivity index (χ1n) is 9.98. The number of rotatable bonds is 7. The lowest BCUT2D eigenvalue weighted by atomic mass is 10.1. The van der Waals surface area contributed by atoms with Crippen molar-refractivity contribution < 1.29 is 18.7 Å². The maximum atomic E-state index is 12.7. The van der Waals surface area contributed by atoms with Gasteiger partial charge in [0.1, 0.15) is 0 Å². The highest BCUT2D eigenvalue weighted by Gasteiger charge is 2.38. The molecular weight excluding hydrogens is 348 g/mol. The van der Waals surface area contributed by atoms with E-state index in [1.807, 2.05) is 4.90 Å². The largest absolute Gasteiger partial charge is 0.438 e. The van der Waals surface area contributed by atoms with Gasteiger partial charge in [0.05, 0.1) is 19.4 Å². The minimum absolute atomic E-state index is 0.230. The predicted molar refractivity (Wildman–Crippen MR) is 97.1 cm³/mol. The Labute approximate surface area is 159 Å². The Kier molecular flexibility index (Phi) is 5.73. The number of carbonyl (C=O) groups is 2. The molecule has 1 aliphatic carbocycles. The minimum Gasteiger partial charge on any atom is -0.438 e. The van der Waals surface area contributed by atoms with Gasteiger partial charge in [0.25, 0.3) is 5.91 Å². The molecule has 0 aromatic carbocycles. The molecule has 8 nitrogen and oxygen atoms in total. The number of morpholine rings is 1. The Bertz CT molecular complexity index is 640. The Morgan fingerprint density at radius 1 is 1.15 bits per heavy atom. The molecule has 1 N–H and O–H groups in total. The highest BCUT2D eigenvalue weighted by atomic mass is 16.5. The molecule has 3 aliphatic rings. The number of likely N-dealkylation sites (tertiary alicyclic amines) is 1. The number of nitrogens with one attached hydrogen (secondary N) is 1. The Morgan fingerprint density at radius 3 is 2.63 bits per heavy atom. The monoisotopic (exact) mass is 376 g/mol. The van der Waals surface area contributed by atoms with Crippen molar-refractivity contribution in [2.75, 3.05) is 39.4 Å². The fourth-order valence-electron chi connectivity index (χ4n) is 4.12. The second-order valence-corrected chi connectivity index (χ2v) is 7.80. The van der Waals surface area contributed by atoms with Gasteiger partial charge in [-0.25, -0.2) is 4.98 Å². The fraction of sp³-hybridized carbons (Fsp3) is 0.737. The van der Waals surface area contributed by atoms with Crippen LogP contribution in [-0.2, 0) is 9.53 Å². The molecule has 3 fully saturated rings. The molecule has 2 amide bonds. The third-order valence-electron chi connectivity index (χ3n) is 5.87. The topological polar surface area (TPSA) is 87.9 Å². The molecule has 8 heteroatoms. The van der Waals surface area contributed by atoms with Crippen LogP contribution >= 0.6 is 0 Å². The van der Waals surface area contributed by atoms with Gasteiger partial charge in [-0.05, 0) is 31.6 Å². The van der Waals surface area contributed by atoms with Crippen molar-refractivity contribution >= 4 is 11.8 Å². The van der Waals surface area contributed by atoms with Crippen molar-refractivity contribution in [2.45, 2.75) is 44.2 Å². The maximum Gasteiger partial charge on any atom is 0.288 e. The van der Waals surface area contributed by atoms with E-state index in [-0.39, 0.29) is 29.7 Å². The van der Waals surface area contributed by atoms with Crippen LogP contribution in [0.15, 0.2) is 17.0 Å². The summed E-state index contributed by atoms with van der Waals surface area (Å²) in [6.07, 6.45) is 7.82. The summed E-state index contributed by atoms with van der Waals surface area (Å²) in [7, 11) is 0. The summed E-state index contributed by atoms with van der Waals surface area (Å²) in [5.41, 5.74) is 0. The van der Waals surface area contributed by atoms with E-state index in [2.05, 4.69) is 15.2 Å². The molecule has 4 rings (SSSR count). The van der Waals surface area contributed by atoms with E-state index in [1.165, 1.54) is 25.4 Å². The van der Waals surface area contributed by atoms with Gasteiger partial charge in [0, 0.05) is 44.7 Å². The van der Waals surface area contributed by atoms with E-state index in [0.29, 0.717) is 39.3 Å². The van der Waals surface area contributed by atoms with E-state index in [4.69, 9.17) is 9.15 Å². The van der Waals surface area contributed by atoms with Gasteiger partial charge in [-0.3, -0.25) is 14.5 Å². The lowest BCUT2D eigenvalue weighted by molar-refractivity contribution is -0.136. The smallest absolute Gasteiger partial charge is 0.288 e. The van der Waals surface area contributed by atoms with Crippen molar-refractivity contribution in [1.29, 1.82) is 0 Å². The summed E-state index contributed by atoms with van der Waals surface area (Å²) in [5, 5.41) is 2.96. The second-order valence-electron chi connectivity index (χ2n) is 7.80. The van der Waals surface area contributed by atoms with Gasteiger partial charge < -0.3 is 19.4 Å². The van der Waals surface area contributed by atoms with Gasteiger partial charge in [-0.2, -0.15) is 0 Å². The van der Waals surface area contributed by atoms with Gasteiger partial charge in [-0.15, -0.1) is 0 Å². The van der Waals surface area contributed by atoms with Crippen LogP contribution in [0.5, 0.6) is 0 Å². The predicted octanol–water partition coefficient (Wildman–Crippen LogP) is 0.896. The van der Waals surface area contributed by atoms with Crippen LogP contribution in [0.1, 0.15) is 42.7 Å². The molecule has 0 unspecified atom stereocenters. The van der Waals surface area contributed by atoms with Gasteiger partial charge in [-0.1, -0.05) is 0 Å². The highest BCUT2D eigenvalue weighted by molar-refractivity contribution is 5.91. The molecule has 1 aromatic rings. The molecule has 2 aliphatic heterocycles. The minimum atomic E-state index is -0.230. The standard InChI is InChI=1S/C19H28N4O4/c24-18(22-5-7-26-8-6-22)9-15-3-4-16(23(15)12-14-1-2-14)10-21-19(25)17-11-20-13-27-17/h11,13-16H,1-10,12H2,(H,21,25)/t15-,16+/m1/s1. The summed E-state index contributed by atoms with van der Waals surface area (Å²) >= 11 is 0. The molecule has 3 heterocycles. The van der Waals surface area contributed by atoms with Crippen LogP contribution in [0.25, 0.3) is 0 Å². The van der Waals surface area contributed by atoms with Crippen molar-refractivity contribution in [2.24, 2.45) is 5.92 Å². The number of nitrogens with zero attached hydrogens (tertiary/aromatic N) is 3. The lowest BCUT2D eigenvalue weighted by Crippen LogP contribution is -2.47. The number of carbonyl (C=O) groups excluding carboxylic acids is 2. The average Bonchev–Trinajstić information content (AvgIpc) is 3.19. The van der Waals surface area contributed by atoms with Crippen LogP contribution in [0, 0.1) is 5.92 Å². The number of oxazole rings is 1. The number of hydrogen-bond acceptors (Lipinski definition) is 6. The molecular formula is C19H28N4O4. The third-order valence-corrected chi connectivity index (χ3v) is 5.87. The van der Waals surface area contributed by atoms with Crippen molar-refractivity contribution in [1.82, 2.24) is 20.1 Å². The number of amides is 2. The molecule has 1 aromatic heterocycles. The molecule has 2 atom stereocenters. The molecule has 0 radical (unpaired) electrons. The zero-order valence-corrected chi connectivity index (χ0v) is 15.6. The average molecular weight is 376 g/mol. The summed E-state index contributed by atoms with van der Waals surface area (Å²) in [6.45, 7) is 4.28. The van der Waals surface area contributed by atoms with Crippen LogP contribution < -0.4 is 5.32 Å². The summed E-state index contributed by atoms with van der Waals surface area (Å²) in [6, 6.07) is 0.549. The van der Waals surface area contributed by atoms with Crippen LogP contribution in [0.4, 0.5) is 0 Å². The lowest BCUT2D eigenvalue weighted by Gasteiger charge is -2.32. The molecule has 2 saturated heterocycles. The number of aromatic nitrogens is 1. The number of ether oxygens (including phenoxy) is 1. The van der Waals surface area contributed by atoms with E-state index in [0.717, 1.165) is 25.3 Å². The summed E-state index contributed by atoms with van der Waals surface area (Å²) in [5.74, 6) is 0.986. The van der Waals surface area contributed by atoms with Gasteiger partial charge in [0.2, 0.25) is 11.7 Å². The molecule has 27 heavy (non-hydrogen) atoms. The summed E-state index contributed by atoms with van der Waals surface area (Å²) in [4.78, 5) is 33.0. The maximum absolute atomic E-state index is 12.7. The first kappa shape index (κ1) is 18.4.